The number of hydrogen-bond donors (Lipinski definition) is 1. The van der Waals surface area contributed by atoms with Crippen molar-refractivity contribution in [2.45, 2.75) is 0 Å². The fraction of sp³-hybridized carbons (Fsp3) is 0.500. The lowest BCUT2D eigenvalue weighted by molar-refractivity contribution is 0.940. The molecule has 0 bridgehead atoms. The molecule has 0 saturated heterocycles. The van der Waals surface area contributed by atoms with E-state index >= 15 is 0 Å². The Labute approximate surface area is 26.0 Å². The quantitative estimate of drug-likeness (QED) is 0.438. The van der Waals surface area contributed by atoms with Gasteiger partial charge in [0.15, 0.2) is 0 Å². The van der Waals surface area contributed by atoms with Gasteiger partial charge in [-0.25, -0.2) is 5.73 Å². The van der Waals surface area contributed by atoms with Crippen LogP contribution in [0.5, 0.6) is 0 Å². The Kier molecular flexibility index (Phi) is 2.86. The van der Waals surface area contributed by atoms with Crippen molar-refractivity contribution < 1.29 is 0 Å². The lowest BCUT2D eigenvalue weighted by Gasteiger charge is -1.74. The van der Waals surface area contributed by atoms with Crippen LogP contribution < -0.4 is 11.1 Å². The molecule has 0 rings (SSSR count). The lowest BCUT2D eigenvalue weighted by atomic mass is 11.1. The topological polar surface area (TPSA) is 35.8 Å². The van der Waals surface area contributed by atoms with E-state index < -0.39 is 0 Å². The Morgan fingerprint density at radius 3 is 2.25 bits per heavy atom. The average molecular weight is 58.1 g/mol. The molecule has 0 unspecified atom stereocenters. The van der Waals surface area contributed by atoms with Crippen LogP contribution in [0.2, 0.25) is 0 Å². The summed E-state index contributed by atoms with van der Waals surface area (Å²) < 4.78 is 0. The molecule has 0 saturated carbocycles. The maximum atomic E-state index is 6.22. The van der Waals surface area contributed by atoms with Crippen molar-refractivity contribution >= 4 is 0 Å². The zero-order valence-electron chi connectivity index (χ0n) is 2.58. The average Bonchev–Trinajstić information content (AvgIpc) is 1.37. The van der Waals surface area contributed by atoms with Gasteiger partial charge in [0.05, 0.1) is 0 Å². The summed E-state index contributed by atoms with van der Waals surface area (Å²) in [5.74, 6) is 0. The maximum absolute atomic E-state index is 6.22. The highest BCUT2D eigenvalue weighted by Crippen LogP contribution is 1.34. The molecule has 0 aliphatic rings. The molecule has 0 aliphatic heterocycles. The van der Waals surface area contributed by atoms with Gasteiger partial charge < -0.3 is 5.32 Å². The van der Waals surface area contributed by atoms with Gasteiger partial charge >= 0.3 is 0 Å². The predicted molar refractivity (Wildman–Crippen MR) is 16.5 cm³/mol. The summed E-state index contributed by atoms with van der Waals surface area (Å²) in [5, 5.41) is 2.47. The molecule has 0 aliphatic carbocycles. The van der Waals surface area contributed by atoms with Crippen LogP contribution in [-0.2, 0) is 0 Å². The van der Waals surface area contributed by atoms with E-state index in [1.165, 1.54) is 0 Å². The summed E-state index contributed by atoms with van der Waals surface area (Å²) in [6, 6.07) is 0. The Balaban J connectivity index is 1.97. The third-order valence-corrected chi connectivity index (χ3v) is 0.144. The van der Waals surface area contributed by atoms with E-state index in [9.17, 15) is 0 Å². The van der Waals surface area contributed by atoms with E-state index in [0.29, 0.717) is 0 Å². The molecule has 2 radical (unpaired) electrons. The van der Waals surface area contributed by atoms with Gasteiger partial charge in [0.2, 0.25) is 0 Å². The summed E-state index contributed by atoms with van der Waals surface area (Å²) in [5.41, 5.74) is 6.22. The molecule has 0 spiro atoms. The van der Waals surface area contributed by atoms with Gasteiger partial charge in [-0.1, -0.05) is 0 Å². The molecule has 2 heteroatoms. The fourth-order valence-electron chi connectivity index (χ4n) is 0. The molecule has 0 aromatic heterocycles. The molecular weight excluding hydrogens is 52.0 g/mol. The van der Waals surface area contributed by atoms with Crippen molar-refractivity contribution in [3.63, 3.8) is 0 Å². The summed E-state index contributed by atoms with van der Waals surface area (Å²) >= 11 is 0. The molecule has 2 nitrogen and oxygen atoms in total. The van der Waals surface area contributed by atoms with Crippen molar-refractivity contribution in [2.75, 3.05) is 7.05 Å². The van der Waals surface area contributed by atoms with Crippen LogP contribution in [0.3, 0.4) is 0 Å². The minimum Gasteiger partial charge on any atom is -0.302 e. The predicted octanol–water partition coefficient (Wildman–Crippen LogP) is -0.392. The molecule has 0 heterocycles. The zero-order chi connectivity index (χ0) is 3.41. The second kappa shape index (κ2) is 2.92. The Morgan fingerprint density at radius 2 is 2.25 bits per heavy atom. The van der Waals surface area contributed by atoms with Crippen molar-refractivity contribution in [1.29, 1.82) is 0 Å². The van der Waals surface area contributed by atoms with Crippen molar-refractivity contribution in [1.82, 2.24) is 11.1 Å². The summed E-state index contributed by atoms with van der Waals surface area (Å²) in [6.07, 6.45) is 0. The Morgan fingerprint density at radius 1 is 2.00 bits per heavy atom. The largest absolute Gasteiger partial charge is 0.302 e. The second-order valence-electron chi connectivity index (χ2n) is 0.433. The van der Waals surface area contributed by atoms with Crippen molar-refractivity contribution in [3.05, 3.63) is 6.67 Å². The number of hydrogen-bond acceptors (Lipinski definition) is 1. The molecule has 2 N–H and O–H groups in total. The standard InChI is InChI=1S/C2H6N2/c1-4-2-3/h2-4H,1H3. The van der Waals surface area contributed by atoms with Gasteiger partial charge in [-0.05, 0) is 7.05 Å². The van der Waals surface area contributed by atoms with E-state index in [0.717, 1.165) is 6.67 Å². The molecule has 0 amide bonds. The van der Waals surface area contributed by atoms with E-state index in [-0.39, 0.29) is 0 Å². The first kappa shape index (κ1) is 3.92. The number of nitrogens with one attached hydrogen (secondary N) is 2. The lowest BCUT2D eigenvalue weighted by Crippen LogP contribution is -1.98. The fourth-order valence-corrected chi connectivity index (χ4v) is 0. The molecule has 0 aromatic carbocycles. The van der Waals surface area contributed by atoms with Gasteiger partial charge in [0.1, 0.15) is 6.67 Å². The van der Waals surface area contributed by atoms with Crippen molar-refractivity contribution in [3.8, 4) is 0 Å². The summed E-state index contributed by atoms with van der Waals surface area (Å²) in [4.78, 5) is 0. The van der Waals surface area contributed by atoms with Gasteiger partial charge in [0.25, 0.3) is 0 Å². The summed E-state index contributed by atoms with van der Waals surface area (Å²) in [6.45, 7) is 1.12. The molecular formula is C2H6N2. The van der Waals surface area contributed by atoms with E-state index in [4.69, 9.17) is 5.73 Å². The minimum atomic E-state index is 1.12. The van der Waals surface area contributed by atoms with Crippen LogP contribution in [0.4, 0.5) is 0 Å². The van der Waals surface area contributed by atoms with Crippen LogP contribution in [0.15, 0.2) is 0 Å². The van der Waals surface area contributed by atoms with Crippen molar-refractivity contribution in [2.24, 2.45) is 0 Å². The maximum Gasteiger partial charge on any atom is 0.100 e. The number of rotatable bonds is 1. The Hall–Kier alpha value is -0.0800. The van der Waals surface area contributed by atoms with Crippen LogP contribution in [0.25, 0.3) is 0 Å². The van der Waals surface area contributed by atoms with Gasteiger partial charge in [-0.15, -0.1) is 0 Å². The second-order valence-corrected chi connectivity index (χ2v) is 0.433. The van der Waals surface area contributed by atoms with Gasteiger partial charge in [0, 0.05) is 0 Å². The van der Waals surface area contributed by atoms with Crippen LogP contribution in [0, 0.1) is 6.67 Å². The van der Waals surface area contributed by atoms with E-state index in [1.807, 2.05) is 0 Å². The first-order valence-electron chi connectivity index (χ1n) is 1.08. The molecule has 0 fully saturated rings. The smallest absolute Gasteiger partial charge is 0.100 e. The third kappa shape index (κ3) is 1.92. The van der Waals surface area contributed by atoms with Crippen LogP contribution in [0.1, 0.15) is 0 Å². The summed E-state index contributed by atoms with van der Waals surface area (Å²) in [7, 11) is 1.69. The minimum absolute atomic E-state index is 1.12. The molecule has 0 aromatic rings. The molecule has 24 valence electrons. The van der Waals surface area contributed by atoms with Gasteiger partial charge in [-0.2, -0.15) is 0 Å². The van der Waals surface area contributed by atoms with Gasteiger partial charge in [-0.3, -0.25) is 0 Å². The Bertz CT molecular complexity index is 6.00. The van der Waals surface area contributed by atoms with E-state index in [1.54, 1.807) is 7.05 Å². The first-order valence-corrected chi connectivity index (χ1v) is 1.08. The highest BCUT2D eigenvalue weighted by Gasteiger charge is 1.52. The SMILES string of the molecule is CN[CH][NH]. The van der Waals surface area contributed by atoms with Crippen LogP contribution in [-0.4, -0.2) is 7.05 Å². The highest BCUT2D eigenvalue weighted by atomic mass is 14.9. The zero-order valence-corrected chi connectivity index (χ0v) is 2.58. The monoisotopic (exact) mass is 58.1 g/mol. The normalized spacial score (nSPS) is 7.50. The molecule has 4 heavy (non-hydrogen) atoms. The van der Waals surface area contributed by atoms with E-state index in [2.05, 4.69) is 5.32 Å². The highest BCUT2D eigenvalue weighted by molar-refractivity contribution is 4.34. The van der Waals surface area contributed by atoms with Crippen LogP contribution >= 0.6 is 0 Å². The third-order valence-electron chi connectivity index (χ3n) is 0.144. The first-order chi connectivity index (χ1) is 1.91. The molecule has 0 atom stereocenters.